The minimum atomic E-state index is -3.90. The Morgan fingerprint density at radius 1 is 0.906 bits per heavy atom. The van der Waals surface area contributed by atoms with Gasteiger partial charge in [-0.1, -0.05) is 18.2 Å². The zero-order chi connectivity index (χ0) is 23.1. The normalized spacial score (nSPS) is 11.5. The largest absolute Gasteiger partial charge is 0.434 e. The molecule has 0 heterocycles. The van der Waals surface area contributed by atoms with Gasteiger partial charge in [0.05, 0.1) is 4.90 Å². The van der Waals surface area contributed by atoms with Gasteiger partial charge >= 0.3 is 6.61 Å². The minimum Gasteiger partial charge on any atom is -0.434 e. The van der Waals surface area contributed by atoms with Crippen LogP contribution in [0.25, 0.3) is 6.08 Å². The SMILES string of the molecule is O=C(/C=C/c1ccccc1OC(F)F)Nc1ccc(NS(=O)(=O)c2ccc(F)cc2)cc1. The third-order valence-electron chi connectivity index (χ3n) is 4.08. The molecular weight excluding hydrogens is 445 g/mol. The van der Waals surface area contributed by atoms with Crippen LogP contribution in [-0.2, 0) is 14.8 Å². The lowest BCUT2D eigenvalue weighted by molar-refractivity contribution is -0.111. The molecular formula is C22H17F3N2O4S. The molecule has 0 saturated carbocycles. The summed E-state index contributed by atoms with van der Waals surface area (Å²) in [7, 11) is -3.90. The third-order valence-corrected chi connectivity index (χ3v) is 5.48. The number of nitrogens with one attached hydrogen (secondary N) is 2. The zero-order valence-corrected chi connectivity index (χ0v) is 17.2. The van der Waals surface area contributed by atoms with E-state index < -0.39 is 28.4 Å². The Labute approximate surface area is 182 Å². The van der Waals surface area contributed by atoms with Crippen molar-refractivity contribution in [3.8, 4) is 5.75 Å². The summed E-state index contributed by atoms with van der Waals surface area (Å²) in [4.78, 5) is 12.0. The predicted molar refractivity (Wildman–Crippen MR) is 114 cm³/mol. The highest BCUT2D eigenvalue weighted by atomic mass is 32.2. The molecule has 0 aliphatic heterocycles. The summed E-state index contributed by atoms with van der Waals surface area (Å²) in [6.45, 7) is -2.99. The fourth-order valence-electron chi connectivity index (χ4n) is 2.62. The molecule has 0 fully saturated rings. The Hall–Kier alpha value is -3.79. The lowest BCUT2D eigenvalue weighted by Crippen LogP contribution is -2.13. The number of ether oxygens (including phenoxy) is 1. The highest BCUT2D eigenvalue weighted by Crippen LogP contribution is 2.22. The molecule has 0 aliphatic rings. The van der Waals surface area contributed by atoms with Gasteiger partial charge in [-0.05, 0) is 60.7 Å². The van der Waals surface area contributed by atoms with Crippen molar-refractivity contribution in [3.63, 3.8) is 0 Å². The number of anilines is 2. The fraction of sp³-hybridized carbons (Fsp3) is 0.0455. The third kappa shape index (κ3) is 6.35. The van der Waals surface area contributed by atoms with Crippen molar-refractivity contribution in [1.29, 1.82) is 0 Å². The van der Waals surface area contributed by atoms with Gasteiger partial charge in [-0.3, -0.25) is 9.52 Å². The van der Waals surface area contributed by atoms with Gasteiger partial charge in [-0.25, -0.2) is 12.8 Å². The number of benzene rings is 3. The molecule has 3 aromatic rings. The van der Waals surface area contributed by atoms with E-state index in [-0.39, 0.29) is 16.3 Å². The van der Waals surface area contributed by atoms with Crippen molar-refractivity contribution in [2.75, 3.05) is 10.0 Å². The average molecular weight is 462 g/mol. The van der Waals surface area contributed by atoms with Gasteiger partial charge in [-0.2, -0.15) is 8.78 Å². The first-order valence-electron chi connectivity index (χ1n) is 9.14. The van der Waals surface area contributed by atoms with Gasteiger partial charge in [0.15, 0.2) is 0 Å². The first-order chi connectivity index (χ1) is 15.2. The maximum Gasteiger partial charge on any atom is 0.387 e. The van der Waals surface area contributed by atoms with Gasteiger partial charge < -0.3 is 10.1 Å². The summed E-state index contributed by atoms with van der Waals surface area (Å²) in [6.07, 6.45) is 2.48. The number of carbonyl (C=O) groups excluding carboxylic acids is 1. The van der Waals surface area contributed by atoms with Crippen LogP contribution in [0.4, 0.5) is 24.5 Å². The van der Waals surface area contributed by atoms with E-state index in [1.807, 2.05) is 0 Å². The fourth-order valence-corrected chi connectivity index (χ4v) is 3.68. The van der Waals surface area contributed by atoms with Crippen molar-refractivity contribution in [2.45, 2.75) is 11.5 Å². The highest BCUT2D eigenvalue weighted by Gasteiger charge is 2.14. The van der Waals surface area contributed by atoms with Crippen LogP contribution < -0.4 is 14.8 Å². The summed E-state index contributed by atoms with van der Waals surface area (Å²) < 4.78 is 69.3. The van der Waals surface area contributed by atoms with E-state index >= 15 is 0 Å². The number of hydrogen-bond donors (Lipinski definition) is 2. The van der Waals surface area contributed by atoms with Crippen LogP contribution in [0.2, 0.25) is 0 Å². The van der Waals surface area contributed by atoms with Crippen LogP contribution in [0.1, 0.15) is 5.56 Å². The van der Waals surface area contributed by atoms with E-state index in [9.17, 15) is 26.4 Å². The molecule has 3 aromatic carbocycles. The number of rotatable bonds is 8. The number of para-hydroxylation sites is 1. The standard InChI is InChI=1S/C22H17F3N2O4S/c23-16-6-12-19(13-7-16)32(29,30)27-18-10-8-17(9-11-18)26-21(28)14-5-15-3-1-2-4-20(15)31-22(24)25/h1-14,22,27H,(H,26,28)/b14-5+. The minimum absolute atomic E-state index is 0.0654. The number of carbonyl (C=O) groups is 1. The molecule has 3 rings (SSSR count). The summed E-state index contributed by atoms with van der Waals surface area (Å²) in [5.74, 6) is -1.15. The molecule has 0 unspecified atom stereocenters. The van der Waals surface area contributed by atoms with E-state index in [1.165, 1.54) is 48.5 Å². The van der Waals surface area contributed by atoms with Crippen molar-refractivity contribution in [2.24, 2.45) is 0 Å². The van der Waals surface area contributed by atoms with E-state index in [2.05, 4.69) is 14.8 Å². The second kappa shape index (κ2) is 10.0. The van der Waals surface area contributed by atoms with E-state index in [4.69, 9.17) is 0 Å². The quantitative estimate of drug-likeness (QED) is 0.468. The lowest BCUT2D eigenvalue weighted by Gasteiger charge is -2.09. The highest BCUT2D eigenvalue weighted by molar-refractivity contribution is 7.92. The number of halogens is 3. The summed E-state index contributed by atoms with van der Waals surface area (Å²) in [5.41, 5.74) is 0.913. The molecule has 32 heavy (non-hydrogen) atoms. The van der Waals surface area contributed by atoms with Gasteiger partial charge in [0.2, 0.25) is 5.91 Å². The van der Waals surface area contributed by atoms with Crippen LogP contribution in [0.5, 0.6) is 5.75 Å². The molecule has 0 radical (unpaired) electrons. The molecule has 0 aliphatic carbocycles. The molecule has 6 nitrogen and oxygen atoms in total. The van der Waals surface area contributed by atoms with Gasteiger partial charge in [0.1, 0.15) is 11.6 Å². The van der Waals surface area contributed by atoms with Crippen molar-refractivity contribution in [3.05, 3.63) is 90.3 Å². The molecule has 10 heteroatoms. The Balaban J connectivity index is 1.63. The summed E-state index contributed by atoms with van der Waals surface area (Å²) in [5, 5.41) is 2.57. The molecule has 0 saturated heterocycles. The second-order valence-electron chi connectivity index (χ2n) is 6.38. The first-order valence-corrected chi connectivity index (χ1v) is 10.6. The Kier molecular flexibility index (Phi) is 7.16. The number of alkyl halides is 2. The Morgan fingerprint density at radius 2 is 1.53 bits per heavy atom. The van der Waals surface area contributed by atoms with Crippen molar-refractivity contribution in [1.82, 2.24) is 0 Å². The Morgan fingerprint density at radius 3 is 2.19 bits per heavy atom. The average Bonchev–Trinajstić information content (AvgIpc) is 2.74. The maximum absolute atomic E-state index is 13.0. The van der Waals surface area contributed by atoms with Crippen LogP contribution in [0.15, 0.2) is 83.8 Å². The van der Waals surface area contributed by atoms with Gasteiger partial charge in [0, 0.05) is 23.0 Å². The van der Waals surface area contributed by atoms with E-state index in [1.54, 1.807) is 6.07 Å². The van der Waals surface area contributed by atoms with Gasteiger partial charge in [-0.15, -0.1) is 0 Å². The van der Waals surface area contributed by atoms with Crippen molar-refractivity contribution >= 4 is 33.4 Å². The van der Waals surface area contributed by atoms with E-state index in [0.29, 0.717) is 11.3 Å². The smallest absolute Gasteiger partial charge is 0.387 e. The van der Waals surface area contributed by atoms with Crippen LogP contribution in [-0.4, -0.2) is 20.9 Å². The molecule has 0 aromatic heterocycles. The summed E-state index contributed by atoms with van der Waals surface area (Å²) >= 11 is 0. The predicted octanol–water partition coefficient (Wildman–Crippen LogP) is 4.88. The Bertz CT molecular complexity index is 1210. The molecule has 0 atom stereocenters. The maximum atomic E-state index is 13.0. The second-order valence-corrected chi connectivity index (χ2v) is 8.06. The molecule has 1 amide bonds. The number of amides is 1. The molecule has 166 valence electrons. The van der Waals surface area contributed by atoms with Crippen LogP contribution >= 0.6 is 0 Å². The zero-order valence-electron chi connectivity index (χ0n) is 16.3. The molecule has 0 spiro atoms. The first kappa shape index (κ1) is 22.9. The molecule has 2 N–H and O–H groups in total. The van der Waals surface area contributed by atoms with Gasteiger partial charge in [0.25, 0.3) is 10.0 Å². The lowest BCUT2D eigenvalue weighted by atomic mass is 10.2. The van der Waals surface area contributed by atoms with E-state index in [0.717, 1.165) is 30.3 Å². The molecule has 0 bridgehead atoms. The van der Waals surface area contributed by atoms with Crippen LogP contribution in [0, 0.1) is 5.82 Å². The van der Waals surface area contributed by atoms with Crippen LogP contribution in [0.3, 0.4) is 0 Å². The number of hydrogen-bond acceptors (Lipinski definition) is 4. The topological polar surface area (TPSA) is 84.5 Å². The summed E-state index contributed by atoms with van der Waals surface area (Å²) in [6, 6.07) is 16.2. The number of sulfonamides is 1. The monoisotopic (exact) mass is 462 g/mol. The van der Waals surface area contributed by atoms with Crippen molar-refractivity contribution < 1.29 is 31.1 Å².